The van der Waals surface area contributed by atoms with Crippen molar-refractivity contribution in [1.29, 1.82) is 0 Å². The van der Waals surface area contributed by atoms with Gasteiger partial charge in [-0.25, -0.2) is 15.0 Å². The van der Waals surface area contributed by atoms with Gasteiger partial charge in [0.1, 0.15) is 16.8 Å². The minimum Gasteiger partial charge on any atom is -0.452 e. The van der Waals surface area contributed by atoms with Crippen LogP contribution in [0.25, 0.3) is 98.8 Å². The summed E-state index contributed by atoms with van der Waals surface area (Å²) in [5, 5.41) is 8.97. The molecule has 340 valence electrons. The Balaban J connectivity index is 0.983. The number of hydrogen-bond acceptors (Lipinski definition) is 6. The van der Waals surface area contributed by atoms with Gasteiger partial charge in [-0.05, 0) is 80.4 Å². The zero-order valence-electron chi connectivity index (χ0n) is 39.5. The average Bonchev–Trinajstić information content (AvgIpc) is 4.18. The highest BCUT2D eigenvalue weighted by Gasteiger charge is 2.54. The number of furan rings is 1. The second kappa shape index (κ2) is 15.4. The van der Waals surface area contributed by atoms with Gasteiger partial charge in [0.2, 0.25) is 0 Å². The molecule has 9 aromatic carbocycles. The van der Waals surface area contributed by atoms with Crippen LogP contribution in [-0.4, -0.2) is 24.7 Å². The highest BCUT2D eigenvalue weighted by atomic mass is 32.1. The summed E-state index contributed by atoms with van der Waals surface area (Å²) in [5.41, 5.74) is 17.5. The third-order valence-corrected chi connectivity index (χ3v) is 16.6. The summed E-state index contributed by atoms with van der Waals surface area (Å²) < 4.78 is 11.4. The SMILES string of the molecule is CC1(C)c2ccccc2C2(c3ccc(Cn4nc5c(oc6ccccc65)c4-c4ccc5c(c4)sc4ccccc45)cc3-c3c(-c4nc(-c5ccccc5)nc(-c5ccccc5)n4)cccc32)c2ccccc21. The highest BCUT2D eigenvalue weighted by molar-refractivity contribution is 7.25. The highest BCUT2D eigenvalue weighted by Crippen LogP contribution is 2.63. The summed E-state index contributed by atoms with van der Waals surface area (Å²) in [6, 6.07) is 76.3. The fourth-order valence-electron chi connectivity index (χ4n) is 12.2. The zero-order chi connectivity index (χ0) is 47.7. The molecule has 0 radical (unpaired) electrons. The summed E-state index contributed by atoms with van der Waals surface area (Å²) >= 11 is 1.83. The summed E-state index contributed by atoms with van der Waals surface area (Å²) in [6.45, 7) is 5.25. The van der Waals surface area contributed by atoms with Gasteiger partial charge >= 0.3 is 0 Å². The molecule has 7 heteroatoms. The van der Waals surface area contributed by atoms with Crippen molar-refractivity contribution in [2.45, 2.75) is 31.2 Å². The third kappa shape index (κ3) is 5.83. The lowest BCUT2D eigenvalue weighted by Crippen LogP contribution is -2.40. The van der Waals surface area contributed by atoms with Gasteiger partial charge in [-0.2, -0.15) is 5.10 Å². The Bertz CT molecular complexity index is 4250. The normalized spacial score (nSPS) is 14.0. The molecule has 72 heavy (non-hydrogen) atoms. The molecule has 2 aliphatic rings. The van der Waals surface area contributed by atoms with Crippen LogP contribution in [0.2, 0.25) is 0 Å². The van der Waals surface area contributed by atoms with Gasteiger partial charge in [0, 0.05) is 53.2 Å². The number of hydrogen-bond donors (Lipinski definition) is 0. The van der Waals surface area contributed by atoms with Crippen LogP contribution in [0.4, 0.5) is 0 Å². The number of benzene rings is 9. The minimum atomic E-state index is -0.630. The number of aromatic nitrogens is 5. The monoisotopic (exact) mass is 941 g/mol. The van der Waals surface area contributed by atoms with E-state index < -0.39 is 5.41 Å². The number of para-hydroxylation sites is 1. The van der Waals surface area contributed by atoms with Crippen LogP contribution in [0.1, 0.15) is 52.8 Å². The van der Waals surface area contributed by atoms with E-state index in [0.29, 0.717) is 24.0 Å². The van der Waals surface area contributed by atoms with Crippen molar-refractivity contribution in [3.8, 4) is 56.5 Å². The van der Waals surface area contributed by atoms with Crippen LogP contribution in [0.3, 0.4) is 0 Å². The molecule has 0 aliphatic heterocycles. The maximum atomic E-state index is 6.76. The van der Waals surface area contributed by atoms with E-state index in [1.165, 1.54) is 53.6 Å². The Morgan fingerprint density at radius 2 is 1.06 bits per heavy atom. The van der Waals surface area contributed by atoms with Gasteiger partial charge < -0.3 is 4.42 Å². The van der Waals surface area contributed by atoms with E-state index in [9.17, 15) is 0 Å². The van der Waals surface area contributed by atoms with Crippen LogP contribution in [0.5, 0.6) is 0 Å². The molecule has 0 unspecified atom stereocenters. The molecule has 1 spiro atoms. The molecule has 0 amide bonds. The fourth-order valence-corrected chi connectivity index (χ4v) is 13.4. The lowest BCUT2D eigenvalue weighted by molar-refractivity contribution is 0.563. The molecule has 4 heterocycles. The molecule has 2 aliphatic carbocycles. The second-order valence-corrected chi connectivity index (χ2v) is 20.8. The molecule has 0 N–H and O–H groups in total. The van der Waals surface area contributed by atoms with E-state index >= 15 is 0 Å². The summed E-state index contributed by atoms with van der Waals surface area (Å²) in [5.74, 6) is 1.89. The first-order valence-electron chi connectivity index (χ1n) is 24.6. The number of rotatable bonds is 6. The van der Waals surface area contributed by atoms with E-state index in [4.69, 9.17) is 24.5 Å². The predicted octanol–water partition coefficient (Wildman–Crippen LogP) is 16.1. The first kappa shape index (κ1) is 41.0. The van der Waals surface area contributed by atoms with Gasteiger partial charge in [0.05, 0.1) is 12.0 Å². The van der Waals surface area contributed by atoms with E-state index in [1.54, 1.807) is 0 Å². The second-order valence-electron chi connectivity index (χ2n) is 19.7. The Morgan fingerprint density at radius 1 is 0.458 bits per heavy atom. The van der Waals surface area contributed by atoms with E-state index in [-0.39, 0.29) is 5.41 Å². The zero-order valence-corrected chi connectivity index (χ0v) is 40.3. The van der Waals surface area contributed by atoms with Gasteiger partial charge in [-0.3, -0.25) is 4.68 Å². The van der Waals surface area contributed by atoms with Crippen molar-refractivity contribution < 1.29 is 4.42 Å². The summed E-state index contributed by atoms with van der Waals surface area (Å²) in [4.78, 5) is 15.8. The van der Waals surface area contributed by atoms with Gasteiger partial charge in [0.25, 0.3) is 0 Å². The quantitative estimate of drug-likeness (QED) is 0.166. The van der Waals surface area contributed by atoms with Crippen LogP contribution in [-0.2, 0) is 17.4 Å². The standard InChI is InChI=1S/C65H43N5OS/c1-64(2)49-25-11-13-27-51(49)65(52-28-14-12-26-50(52)64)48-35-32-39(36-47(48)57-46(24-17-29-53(57)65)63-67-61(40-18-5-3-6-19-40)66-62(68-63)41-20-7-4-8-21-41)38-70-59(60-58(69-70)45-23-9-15-30-54(45)71-60)42-33-34-44-43-22-10-16-31-55(43)72-56(44)37-42/h3-37H,38H2,1-2H3. The molecule has 0 fully saturated rings. The Kier molecular flexibility index (Phi) is 8.76. The molecule has 6 nitrogen and oxygen atoms in total. The Labute approximate surface area is 419 Å². The first-order valence-corrected chi connectivity index (χ1v) is 25.4. The van der Waals surface area contributed by atoms with Crippen molar-refractivity contribution in [2.24, 2.45) is 0 Å². The molecule has 0 atom stereocenters. The van der Waals surface area contributed by atoms with Gasteiger partial charge in [0.15, 0.2) is 23.1 Å². The molecule has 4 aromatic heterocycles. The average molecular weight is 942 g/mol. The minimum absolute atomic E-state index is 0.237. The molecule has 0 saturated heterocycles. The van der Waals surface area contributed by atoms with Crippen LogP contribution >= 0.6 is 11.3 Å². The van der Waals surface area contributed by atoms with Crippen molar-refractivity contribution >= 4 is 53.6 Å². The topological polar surface area (TPSA) is 69.6 Å². The molecule has 0 bridgehead atoms. The molecule has 13 aromatic rings. The number of fused-ring (bicyclic) bond motifs is 15. The third-order valence-electron chi connectivity index (χ3n) is 15.4. The van der Waals surface area contributed by atoms with Crippen molar-refractivity contribution in [3.05, 3.63) is 251 Å². The predicted molar refractivity (Wildman–Crippen MR) is 292 cm³/mol. The molecule has 15 rings (SSSR count). The molecular formula is C65H43N5OS. The van der Waals surface area contributed by atoms with Crippen molar-refractivity contribution in [3.63, 3.8) is 0 Å². The Hall–Kier alpha value is -8.78. The Morgan fingerprint density at radius 3 is 1.78 bits per heavy atom. The smallest absolute Gasteiger partial charge is 0.181 e. The summed E-state index contributed by atoms with van der Waals surface area (Å²) in [7, 11) is 0. The first-order chi connectivity index (χ1) is 35.4. The lowest BCUT2D eigenvalue weighted by atomic mass is 9.55. The molecular weight excluding hydrogens is 899 g/mol. The number of nitrogens with zero attached hydrogens (tertiary/aromatic N) is 5. The summed E-state index contributed by atoms with van der Waals surface area (Å²) in [6.07, 6.45) is 0. The van der Waals surface area contributed by atoms with E-state index in [2.05, 4.69) is 182 Å². The van der Waals surface area contributed by atoms with Crippen LogP contribution < -0.4 is 0 Å². The largest absolute Gasteiger partial charge is 0.452 e. The van der Waals surface area contributed by atoms with Gasteiger partial charge in [-0.15, -0.1) is 11.3 Å². The maximum absolute atomic E-state index is 6.76. The van der Waals surface area contributed by atoms with Crippen LogP contribution in [0.15, 0.2) is 217 Å². The van der Waals surface area contributed by atoms with Crippen LogP contribution in [0, 0.1) is 0 Å². The molecule has 0 saturated carbocycles. The van der Waals surface area contributed by atoms with Crippen molar-refractivity contribution in [1.82, 2.24) is 24.7 Å². The fraction of sp³-hybridized carbons (Fsp3) is 0.0769. The van der Waals surface area contributed by atoms with Crippen molar-refractivity contribution in [2.75, 3.05) is 0 Å². The van der Waals surface area contributed by atoms with E-state index in [1.807, 2.05) is 59.9 Å². The lowest BCUT2D eigenvalue weighted by Gasteiger charge is -2.46. The van der Waals surface area contributed by atoms with E-state index in [0.717, 1.165) is 66.7 Å². The van der Waals surface area contributed by atoms with Gasteiger partial charge in [-0.1, -0.05) is 196 Å². The maximum Gasteiger partial charge on any atom is 0.181 e. The number of thiophene rings is 1.